The third-order valence-corrected chi connectivity index (χ3v) is 6.69. The Balaban J connectivity index is 1.32. The number of likely N-dealkylation sites (N-methyl/N-ethyl adjacent to an activating group) is 1. The van der Waals surface area contributed by atoms with Gasteiger partial charge < -0.3 is 19.5 Å². The molecule has 5 rings (SSSR count). The average Bonchev–Trinajstić information content (AvgIpc) is 3.35. The summed E-state index contributed by atoms with van der Waals surface area (Å²) in [5, 5.41) is 7.04. The molecule has 0 radical (unpaired) electrons. The number of rotatable bonds is 6. The van der Waals surface area contributed by atoms with Crippen molar-refractivity contribution in [1.82, 2.24) is 15.0 Å². The molecule has 1 aromatic heterocycles. The van der Waals surface area contributed by atoms with E-state index in [1.54, 1.807) is 14.0 Å². The van der Waals surface area contributed by atoms with Crippen LogP contribution in [0.25, 0.3) is 28.1 Å². The van der Waals surface area contributed by atoms with E-state index >= 15 is 0 Å². The van der Waals surface area contributed by atoms with E-state index in [9.17, 15) is 4.79 Å². The van der Waals surface area contributed by atoms with E-state index in [2.05, 4.69) is 33.5 Å². The number of nitrogens with zero attached hydrogens (tertiary/aromatic N) is 3. The fraction of sp³-hybridized carbons (Fsp3) is 0.233. The lowest BCUT2D eigenvalue weighted by Gasteiger charge is -2.23. The molecule has 188 valence electrons. The van der Waals surface area contributed by atoms with Crippen LogP contribution in [-0.4, -0.2) is 48.2 Å². The number of carbonyl (C=O) groups excluding carboxylic acids is 1. The van der Waals surface area contributed by atoms with Crippen molar-refractivity contribution in [3.63, 3.8) is 0 Å². The van der Waals surface area contributed by atoms with Crippen molar-refractivity contribution in [1.29, 1.82) is 0 Å². The quantitative estimate of drug-likeness (QED) is 0.354. The fourth-order valence-electron chi connectivity index (χ4n) is 4.60. The van der Waals surface area contributed by atoms with Crippen LogP contribution in [0.5, 0.6) is 5.75 Å². The van der Waals surface area contributed by atoms with Crippen LogP contribution in [0.15, 0.2) is 71.3 Å². The molecule has 0 spiro atoms. The van der Waals surface area contributed by atoms with Crippen LogP contribution in [0.1, 0.15) is 33.8 Å². The largest absolute Gasteiger partial charge is 0.496 e. The van der Waals surface area contributed by atoms with Gasteiger partial charge in [0.2, 0.25) is 11.7 Å². The van der Waals surface area contributed by atoms with Gasteiger partial charge in [0.1, 0.15) is 5.75 Å². The highest BCUT2D eigenvalue weighted by molar-refractivity contribution is 6.04. The van der Waals surface area contributed by atoms with Crippen molar-refractivity contribution < 1.29 is 14.1 Å². The molecule has 0 aliphatic carbocycles. The van der Waals surface area contributed by atoms with Gasteiger partial charge >= 0.3 is 0 Å². The smallest absolute Gasteiger partial charge is 0.255 e. The Labute approximate surface area is 216 Å². The summed E-state index contributed by atoms with van der Waals surface area (Å²) in [6.07, 6.45) is 3.17. The Morgan fingerprint density at radius 1 is 1.00 bits per heavy atom. The number of ether oxygens (including phenoxy) is 1. The van der Waals surface area contributed by atoms with E-state index in [1.807, 2.05) is 67.6 Å². The van der Waals surface area contributed by atoms with Crippen LogP contribution in [0.4, 0.5) is 5.69 Å². The molecule has 1 aliphatic rings. The predicted molar refractivity (Wildman–Crippen MR) is 146 cm³/mol. The molecule has 7 nitrogen and oxygen atoms in total. The zero-order valence-electron chi connectivity index (χ0n) is 21.5. The molecule has 0 saturated carbocycles. The normalized spacial score (nSPS) is 13.8. The van der Waals surface area contributed by atoms with Gasteiger partial charge in [-0.25, -0.2) is 0 Å². The lowest BCUT2D eigenvalue weighted by Crippen LogP contribution is -2.23. The second kappa shape index (κ2) is 10.4. The second-order valence-corrected chi connectivity index (χ2v) is 9.35. The summed E-state index contributed by atoms with van der Waals surface area (Å²) in [5.74, 6) is 1.77. The van der Waals surface area contributed by atoms with Gasteiger partial charge in [-0.1, -0.05) is 35.5 Å². The molecule has 0 bridgehead atoms. The molecule has 0 fully saturated rings. The number of methoxy groups -OCH3 is 1. The third kappa shape index (κ3) is 5.32. The number of benzene rings is 3. The van der Waals surface area contributed by atoms with Crippen LogP contribution in [0, 0.1) is 13.8 Å². The van der Waals surface area contributed by atoms with Gasteiger partial charge in [0.15, 0.2) is 0 Å². The number of hydrogen-bond acceptors (Lipinski definition) is 6. The molecule has 0 unspecified atom stereocenters. The fourth-order valence-corrected chi connectivity index (χ4v) is 4.60. The minimum Gasteiger partial charge on any atom is -0.496 e. The molecule has 37 heavy (non-hydrogen) atoms. The summed E-state index contributed by atoms with van der Waals surface area (Å²) >= 11 is 0. The number of aromatic nitrogens is 2. The van der Waals surface area contributed by atoms with Crippen molar-refractivity contribution in [3.05, 3.63) is 89.3 Å². The Morgan fingerprint density at radius 2 is 1.78 bits per heavy atom. The van der Waals surface area contributed by atoms with Crippen LogP contribution in [0.2, 0.25) is 0 Å². The van der Waals surface area contributed by atoms with E-state index in [0.29, 0.717) is 17.3 Å². The van der Waals surface area contributed by atoms with Gasteiger partial charge in [0.25, 0.3) is 5.91 Å². The Morgan fingerprint density at radius 3 is 2.43 bits per heavy atom. The predicted octanol–water partition coefficient (Wildman–Crippen LogP) is 6.00. The highest BCUT2D eigenvalue weighted by Crippen LogP contribution is 2.33. The number of hydrogen-bond donors (Lipinski definition) is 1. The maximum atomic E-state index is 13.0. The lowest BCUT2D eigenvalue weighted by atomic mass is 9.97. The minimum atomic E-state index is -0.153. The van der Waals surface area contributed by atoms with Crippen molar-refractivity contribution in [2.45, 2.75) is 20.3 Å². The molecule has 1 N–H and O–H groups in total. The second-order valence-electron chi connectivity index (χ2n) is 9.35. The van der Waals surface area contributed by atoms with Crippen molar-refractivity contribution in [2.75, 3.05) is 32.6 Å². The molecule has 7 heteroatoms. The van der Waals surface area contributed by atoms with Crippen molar-refractivity contribution in [3.8, 4) is 28.3 Å². The summed E-state index contributed by atoms with van der Waals surface area (Å²) in [4.78, 5) is 19.6. The van der Waals surface area contributed by atoms with Gasteiger partial charge in [-0.05, 0) is 79.1 Å². The first-order valence-electron chi connectivity index (χ1n) is 12.3. The van der Waals surface area contributed by atoms with Crippen molar-refractivity contribution in [2.24, 2.45) is 0 Å². The topological polar surface area (TPSA) is 80.5 Å². The summed E-state index contributed by atoms with van der Waals surface area (Å²) in [6.45, 7) is 5.72. The Bertz CT molecular complexity index is 1470. The van der Waals surface area contributed by atoms with Gasteiger partial charge in [-0.3, -0.25) is 4.79 Å². The standard InChI is InChI=1S/C30H30N4O3/c1-19-17-24(29-31-20(2)37-33-29)9-11-26(19)21-5-7-23(8-6-21)30(35)32-25-10-12-28(36-4)27(18-25)22-13-15-34(3)16-14-22/h5-13,17-18H,14-16H2,1-4H3,(H,32,35). The molecular formula is C30H30N4O3. The molecule has 4 aromatic rings. The number of carbonyl (C=O) groups is 1. The average molecular weight is 495 g/mol. The van der Waals surface area contributed by atoms with Crippen LogP contribution in [-0.2, 0) is 0 Å². The zero-order chi connectivity index (χ0) is 25.9. The van der Waals surface area contributed by atoms with Gasteiger partial charge in [-0.15, -0.1) is 0 Å². The first kappa shape index (κ1) is 24.5. The van der Waals surface area contributed by atoms with E-state index in [0.717, 1.165) is 58.8 Å². The maximum Gasteiger partial charge on any atom is 0.255 e. The van der Waals surface area contributed by atoms with Gasteiger partial charge in [0, 0.05) is 42.4 Å². The van der Waals surface area contributed by atoms with Gasteiger partial charge in [0.05, 0.1) is 7.11 Å². The molecule has 0 atom stereocenters. The maximum absolute atomic E-state index is 13.0. The minimum absolute atomic E-state index is 0.153. The molecular weight excluding hydrogens is 464 g/mol. The summed E-state index contributed by atoms with van der Waals surface area (Å²) in [7, 11) is 3.79. The summed E-state index contributed by atoms with van der Waals surface area (Å²) < 4.78 is 10.7. The highest BCUT2D eigenvalue weighted by Gasteiger charge is 2.16. The number of anilines is 1. The Kier molecular flexibility index (Phi) is 6.88. The first-order chi connectivity index (χ1) is 17.9. The van der Waals surface area contributed by atoms with Crippen molar-refractivity contribution >= 4 is 17.2 Å². The molecule has 1 aliphatic heterocycles. The zero-order valence-corrected chi connectivity index (χ0v) is 21.5. The number of nitrogens with one attached hydrogen (secondary N) is 1. The van der Waals surface area contributed by atoms with Gasteiger partial charge in [-0.2, -0.15) is 4.98 Å². The number of amides is 1. The molecule has 3 aromatic carbocycles. The summed E-state index contributed by atoms with van der Waals surface area (Å²) in [5.41, 5.74) is 7.72. The molecule has 0 saturated heterocycles. The van der Waals surface area contributed by atoms with Crippen LogP contribution >= 0.6 is 0 Å². The highest BCUT2D eigenvalue weighted by atomic mass is 16.5. The SMILES string of the molecule is COc1ccc(NC(=O)c2ccc(-c3ccc(-c4noc(C)n4)cc3C)cc2)cc1C1=CCN(C)CC1. The van der Waals surface area contributed by atoms with E-state index in [4.69, 9.17) is 9.26 Å². The Hall–Kier alpha value is -4.23. The lowest BCUT2D eigenvalue weighted by molar-refractivity contribution is 0.102. The summed E-state index contributed by atoms with van der Waals surface area (Å²) in [6, 6.07) is 19.5. The third-order valence-electron chi connectivity index (χ3n) is 6.69. The van der Waals surface area contributed by atoms with Crippen LogP contribution < -0.4 is 10.1 Å². The van der Waals surface area contributed by atoms with E-state index in [1.165, 1.54) is 5.57 Å². The molecule has 1 amide bonds. The van der Waals surface area contributed by atoms with Crippen LogP contribution in [0.3, 0.4) is 0 Å². The van der Waals surface area contributed by atoms with E-state index < -0.39 is 0 Å². The monoisotopic (exact) mass is 494 g/mol. The first-order valence-corrected chi connectivity index (χ1v) is 12.3. The van der Waals surface area contributed by atoms with E-state index in [-0.39, 0.29) is 5.91 Å². The molecule has 2 heterocycles. The number of aryl methyl sites for hydroxylation is 2.